The molecule has 2 rings (SSSR count). The maximum absolute atomic E-state index is 11.5. The van der Waals surface area contributed by atoms with Gasteiger partial charge in [-0.2, -0.15) is 0 Å². The van der Waals surface area contributed by atoms with Crippen LogP contribution in [-0.4, -0.2) is 43.3 Å². The molecule has 2 fully saturated rings. The van der Waals surface area contributed by atoms with Crippen molar-refractivity contribution >= 4 is 6.09 Å². The molecular weight excluding hydrogens is 168 g/mol. The minimum atomic E-state index is -0.156. The van der Waals surface area contributed by atoms with Gasteiger partial charge in [-0.1, -0.05) is 0 Å². The molecule has 2 aliphatic heterocycles. The van der Waals surface area contributed by atoms with E-state index in [1.165, 1.54) is 7.11 Å². The molecule has 2 bridgehead atoms. The molecule has 74 valence electrons. The zero-order chi connectivity index (χ0) is 9.26. The summed E-state index contributed by atoms with van der Waals surface area (Å²) in [4.78, 5) is 13.4. The Morgan fingerprint density at radius 2 is 2.15 bits per heavy atom. The van der Waals surface area contributed by atoms with E-state index in [4.69, 9.17) is 4.74 Å². The van der Waals surface area contributed by atoms with E-state index in [2.05, 4.69) is 5.32 Å². The van der Waals surface area contributed by atoms with E-state index in [1.807, 2.05) is 4.90 Å². The third-order valence-electron chi connectivity index (χ3n) is 3.04. The Bertz CT molecular complexity index is 194. The van der Waals surface area contributed by atoms with Gasteiger partial charge in [0.1, 0.15) is 0 Å². The fourth-order valence-corrected chi connectivity index (χ4v) is 2.39. The van der Waals surface area contributed by atoms with Crippen LogP contribution in [0.15, 0.2) is 0 Å². The van der Waals surface area contributed by atoms with Crippen molar-refractivity contribution < 1.29 is 9.53 Å². The highest BCUT2D eigenvalue weighted by Gasteiger charge is 2.38. The lowest BCUT2D eigenvalue weighted by molar-refractivity contribution is 0.106. The first kappa shape index (κ1) is 8.81. The Kier molecular flexibility index (Phi) is 2.40. The van der Waals surface area contributed by atoms with Gasteiger partial charge >= 0.3 is 6.09 Å². The Balaban J connectivity index is 2.11. The van der Waals surface area contributed by atoms with Crippen molar-refractivity contribution in [2.45, 2.75) is 31.3 Å². The summed E-state index contributed by atoms with van der Waals surface area (Å²) in [7, 11) is 1.46. The van der Waals surface area contributed by atoms with Gasteiger partial charge in [-0.05, 0) is 25.8 Å². The molecule has 2 heterocycles. The molecule has 2 aliphatic rings. The third kappa shape index (κ3) is 1.50. The summed E-state index contributed by atoms with van der Waals surface area (Å²) in [5.74, 6) is 0. The van der Waals surface area contributed by atoms with E-state index >= 15 is 0 Å². The van der Waals surface area contributed by atoms with E-state index < -0.39 is 0 Å². The van der Waals surface area contributed by atoms with Crippen molar-refractivity contribution in [1.82, 2.24) is 10.2 Å². The van der Waals surface area contributed by atoms with Gasteiger partial charge in [0, 0.05) is 18.6 Å². The summed E-state index contributed by atoms with van der Waals surface area (Å²) >= 11 is 0. The fraction of sp³-hybridized carbons (Fsp3) is 0.889. The smallest absolute Gasteiger partial charge is 0.410 e. The van der Waals surface area contributed by atoms with Gasteiger partial charge in [0.2, 0.25) is 0 Å². The predicted octanol–water partition coefficient (Wildman–Crippen LogP) is 0.579. The number of nitrogens with zero attached hydrogens (tertiary/aromatic N) is 1. The molecule has 4 heteroatoms. The average molecular weight is 184 g/mol. The van der Waals surface area contributed by atoms with E-state index in [0.29, 0.717) is 12.1 Å². The van der Waals surface area contributed by atoms with Crippen LogP contribution in [0, 0.1) is 0 Å². The van der Waals surface area contributed by atoms with Crippen LogP contribution in [-0.2, 0) is 4.74 Å². The van der Waals surface area contributed by atoms with Crippen molar-refractivity contribution in [2.75, 3.05) is 20.2 Å². The van der Waals surface area contributed by atoms with Gasteiger partial charge in [0.05, 0.1) is 7.11 Å². The molecule has 1 N–H and O–H groups in total. The summed E-state index contributed by atoms with van der Waals surface area (Å²) in [5.41, 5.74) is 0. The molecule has 0 aliphatic carbocycles. The quantitative estimate of drug-likeness (QED) is 0.598. The highest BCUT2D eigenvalue weighted by Crippen LogP contribution is 2.28. The summed E-state index contributed by atoms with van der Waals surface area (Å²) < 4.78 is 4.79. The van der Waals surface area contributed by atoms with Crippen molar-refractivity contribution in [3.05, 3.63) is 0 Å². The predicted molar refractivity (Wildman–Crippen MR) is 48.5 cm³/mol. The molecule has 0 spiro atoms. The van der Waals surface area contributed by atoms with Crippen LogP contribution < -0.4 is 5.32 Å². The summed E-state index contributed by atoms with van der Waals surface area (Å²) in [5, 5.41) is 3.34. The van der Waals surface area contributed by atoms with Crippen LogP contribution in [0.1, 0.15) is 19.3 Å². The number of ether oxygens (including phenoxy) is 1. The van der Waals surface area contributed by atoms with Crippen LogP contribution >= 0.6 is 0 Å². The van der Waals surface area contributed by atoms with Crippen LogP contribution in [0.3, 0.4) is 0 Å². The molecule has 4 nitrogen and oxygen atoms in total. The lowest BCUT2D eigenvalue weighted by Crippen LogP contribution is -2.42. The zero-order valence-corrected chi connectivity index (χ0v) is 7.95. The molecule has 13 heavy (non-hydrogen) atoms. The molecule has 2 saturated heterocycles. The minimum Gasteiger partial charge on any atom is -0.453 e. The highest BCUT2D eigenvalue weighted by molar-refractivity contribution is 5.68. The van der Waals surface area contributed by atoms with E-state index in [9.17, 15) is 4.79 Å². The second-order valence-corrected chi connectivity index (χ2v) is 3.76. The largest absolute Gasteiger partial charge is 0.453 e. The Labute approximate surface area is 78.2 Å². The average Bonchev–Trinajstić information content (AvgIpc) is 2.38. The molecule has 0 unspecified atom stereocenters. The summed E-state index contributed by atoms with van der Waals surface area (Å²) in [6.45, 7) is 1.94. The number of amides is 1. The van der Waals surface area contributed by atoms with Gasteiger partial charge in [-0.3, -0.25) is 0 Å². The lowest BCUT2D eigenvalue weighted by atomic mass is 10.1. The molecule has 0 radical (unpaired) electrons. The first-order valence-electron chi connectivity index (χ1n) is 4.90. The Morgan fingerprint density at radius 3 is 2.92 bits per heavy atom. The molecule has 0 aromatic heterocycles. The zero-order valence-electron chi connectivity index (χ0n) is 7.95. The molecule has 0 saturated carbocycles. The molecule has 0 aromatic rings. The number of hydrogen-bond donors (Lipinski definition) is 1. The highest BCUT2D eigenvalue weighted by atomic mass is 16.5. The second kappa shape index (κ2) is 3.54. The normalized spacial score (nSPS) is 32.8. The van der Waals surface area contributed by atoms with Gasteiger partial charge in [0.15, 0.2) is 0 Å². The standard InChI is InChI=1S/C9H16N2O2/c1-13-9(12)11-7-2-3-8(11)6-10-5-4-7/h7-8,10H,2-6H2,1H3/t7-,8+/m1/s1. The fourth-order valence-electron chi connectivity index (χ4n) is 2.39. The summed E-state index contributed by atoms with van der Waals surface area (Å²) in [6, 6.07) is 0.771. The van der Waals surface area contributed by atoms with Gasteiger partial charge < -0.3 is 15.0 Å². The second-order valence-electron chi connectivity index (χ2n) is 3.76. The molecular formula is C9H16N2O2. The van der Waals surface area contributed by atoms with Crippen molar-refractivity contribution in [3.63, 3.8) is 0 Å². The summed E-state index contributed by atoms with van der Waals surface area (Å²) in [6.07, 6.45) is 3.16. The topological polar surface area (TPSA) is 41.6 Å². The monoisotopic (exact) mass is 184 g/mol. The first-order valence-corrected chi connectivity index (χ1v) is 4.90. The maximum Gasteiger partial charge on any atom is 0.410 e. The number of hydrogen-bond acceptors (Lipinski definition) is 3. The van der Waals surface area contributed by atoms with E-state index in [0.717, 1.165) is 32.4 Å². The van der Waals surface area contributed by atoms with Crippen LogP contribution in [0.5, 0.6) is 0 Å². The van der Waals surface area contributed by atoms with Crippen molar-refractivity contribution in [1.29, 1.82) is 0 Å². The molecule has 2 atom stereocenters. The Hall–Kier alpha value is -0.770. The number of rotatable bonds is 0. The van der Waals surface area contributed by atoms with Gasteiger partial charge in [-0.15, -0.1) is 0 Å². The van der Waals surface area contributed by atoms with Crippen LogP contribution in [0.25, 0.3) is 0 Å². The minimum absolute atomic E-state index is 0.156. The lowest BCUT2D eigenvalue weighted by Gasteiger charge is -2.25. The number of fused-ring (bicyclic) bond motifs is 2. The van der Waals surface area contributed by atoms with E-state index in [1.54, 1.807) is 0 Å². The van der Waals surface area contributed by atoms with Crippen molar-refractivity contribution in [2.24, 2.45) is 0 Å². The molecule has 1 amide bonds. The molecule has 0 aromatic carbocycles. The number of carbonyl (C=O) groups is 1. The third-order valence-corrected chi connectivity index (χ3v) is 3.04. The van der Waals surface area contributed by atoms with Gasteiger partial charge in [0.25, 0.3) is 0 Å². The SMILES string of the molecule is COC(=O)N1[C@H]2CCNC[C@@H]1CC2. The van der Waals surface area contributed by atoms with Crippen molar-refractivity contribution in [3.8, 4) is 0 Å². The number of carbonyl (C=O) groups excluding carboxylic acids is 1. The number of methoxy groups -OCH3 is 1. The number of nitrogens with one attached hydrogen (secondary N) is 1. The van der Waals surface area contributed by atoms with Gasteiger partial charge in [-0.25, -0.2) is 4.79 Å². The van der Waals surface area contributed by atoms with Crippen LogP contribution in [0.2, 0.25) is 0 Å². The van der Waals surface area contributed by atoms with E-state index in [-0.39, 0.29) is 6.09 Å². The Morgan fingerprint density at radius 1 is 1.38 bits per heavy atom. The maximum atomic E-state index is 11.5. The van der Waals surface area contributed by atoms with Crippen LogP contribution in [0.4, 0.5) is 4.79 Å². The first-order chi connectivity index (χ1) is 6.33.